The van der Waals surface area contributed by atoms with Crippen molar-refractivity contribution in [2.24, 2.45) is 4.99 Å². The van der Waals surface area contributed by atoms with Crippen molar-refractivity contribution in [3.8, 4) is 11.4 Å². The number of para-hydroxylation sites is 3. The molecule has 0 aliphatic heterocycles. The lowest BCUT2D eigenvalue weighted by atomic mass is 10.2. The minimum absolute atomic E-state index is 0.304. The van der Waals surface area contributed by atoms with Gasteiger partial charge >= 0.3 is 0 Å². The number of aromatic amines is 1. The third kappa shape index (κ3) is 2.89. The van der Waals surface area contributed by atoms with E-state index < -0.39 is 0 Å². The Balaban J connectivity index is 1.79. The molecule has 0 radical (unpaired) electrons. The molecule has 3 aromatic carbocycles. The molecule has 0 fully saturated rings. The van der Waals surface area contributed by atoms with Crippen LogP contribution in [0, 0.1) is 5.82 Å². The van der Waals surface area contributed by atoms with E-state index in [1.54, 1.807) is 12.1 Å². The average Bonchev–Trinajstić information content (AvgIpc) is 3.13. The molecule has 4 nitrogen and oxygen atoms in total. The summed E-state index contributed by atoms with van der Waals surface area (Å²) in [6, 6.07) is 23.5. The minimum atomic E-state index is -0.304. The number of rotatable bonds is 2. The average molecular weight is 355 g/mol. The predicted molar refractivity (Wildman–Crippen MR) is 103 cm³/mol. The van der Waals surface area contributed by atoms with Gasteiger partial charge in [-0.3, -0.25) is 0 Å². The molecule has 5 heteroatoms. The Morgan fingerprint density at radius 3 is 2.52 bits per heavy atom. The van der Waals surface area contributed by atoms with Crippen LogP contribution in [0.3, 0.4) is 0 Å². The van der Waals surface area contributed by atoms with Gasteiger partial charge in [0.2, 0.25) is 5.55 Å². The molecule has 0 unspecified atom stereocenters. The second-order valence-corrected chi connectivity index (χ2v) is 6.19. The van der Waals surface area contributed by atoms with Crippen LogP contribution >= 0.6 is 0 Å². The fraction of sp³-hybridized carbons (Fsp3) is 0. The van der Waals surface area contributed by atoms with Gasteiger partial charge in [-0.1, -0.05) is 30.3 Å². The highest BCUT2D eigenvalue weighted by Gasteiger charge is 2.11. The number of hydrogen-bond donors (Lipinski definition) is 1. The molecule has 2 heterocycles. The molecule has 0 amide bonds. The Morgan fingerprint density at radius 1 is 0.889 bits per heavy atom. The molecule has 130 valence electrons. The first-order chi connectivity index (χ1) is 13.3. The van der Waals surface area contributed by atoms with Crippen LogP contribution in [0.5, 0.6) is 0 Å². The monoisotopic (exact) mass is 355 g/mol. The third-order valence-corrected chi connectivity index (χ3v) is 4.36. The summed E-state index contributed by atoms with van der Waals surface area (Å²) in [5, 5.41) is 0.950. The Kier molecular flexibility index (Phi) is 3.57. The smallest absolute Gasteiger partial charge is 0.230 e. The van der Waals surface area contributed by atoms with Gasteiger partial charge in [-0.25, -0.2) is 14.4 Å². The number of fused-ring (bicyclic) bond motifs is 2. The zero-order valence-corrected chi connectivity index (χ0v) is 14.2. The minimum Gasteiger partial charge on any atom is -0.438 e. The van der Waals surface area contributed by atoms with Gasteiger partial charge in [0.15, 0.2) is 0 Å². The van der Waals surface area contributed by atoms with Crippen molar-refractivity contribution < 1.29 is 8.81 Å². The van der Waals surface area contributed by atoms with E-state index in [4.69, 9.17) is 4.42 Å². The van der Waals surface area contributed by atoms with E-state index in [1.165, 1.54) is 12.1 Å². The zero-order valence-electron chi connectivity index (χ0n) is 14.2. The lowest BCUT2D eigenvalue weighted by Crippen LogP contribution is -2.06. The normalized spacial score (nSPS) is 12.1. The topological polar surface area (TPSA) is 54.2 Å². The summed E-state index contributed by atoms with van der Waals surface area (Å²) in [4.78, 5) is 12.6. The van der Waals surface area contributed by atoms with Crippen molar-refractivity contribution in [3.05, 3.63) is 90.2 Å². The van der Waals surface area contributed by atoms with E-state index in [1.807, 2.05) is 54.6 Å². The van der Waals surface area contributed by atoms with Crippen molar-refractivity contribution in [2.75, 3.05) is 0 Å². The van der Waals surface area contributed by atoms with Gasteiger partial charge in [-0.2, -0.15) is 0 Å². The Morgan fingerprint density at radius 2 is 1.67 bits per heavy atom. The van der Waals surface area contributed by atoms with Crippen LogP contribution in [-0.2, 0) is 0 Å². The fourth-order valence-electron chi connectivity index (χ4n) is 3.04. The highest BCUT2D eigenvalue weighted by molar-refractivity contribution is 5.83. The van der Waals surface area contributed by atoms with Crippen LogP contribution in [0.15, 0.2) is 88.3 Å². The van der Waals surface area contributed by atoms with Gasteiger partial charge in [-0.15, -0.1) is 0 Å². The van der Waals surface area contributed by atoms with Crippen molar-refractivity contribution in [2.45, 2.75) is 0 Å². The highest BCUT2D eigenvalue weighted by atomic mass is 19.1. The zero-order chi connectivity index (χ0) is 18.2. The molecule has 0 aliphatic carbocycles. The van der Waals surface area contributed by atoms with Gasteiger partial charge in [0.25, 0.3) is 0 Å². The quantitative estimate of drug-likeness (QED) is 0.464. The molecule has 5 rings (SSSR count). The number of aromatic nitrogens is 2. The molecule has 0 saturated carbocycles. The van der Waals surface area contributed by atoms with E-state index >= 15 is 0 Å². The van der Waals surface area contributed by atoms with Crippen LogP contribution < -0.4 is 5.55 Å². The Labute approximate surface area is 153 Å². The molecule has 1 N–H and O–H groups in total. The maximum atomic E-state index is 13.2. The van der Waals surface area contributed by atoms with Crippen LogP contribution in [-0.4, -0.2) is 9.97 Å². The second kappa shape index (κ2) is 6.21. The van der Waals surface area contributed by atoms with Crippen molar-refractivity contribution in [3.63, 3.8) is 0 Å². The van der Waals surface area contributed by atoms with Crippen molar-refractivity contribution >= 4 is 27.7 Å². The van der Waals surface area contributed by atoms with Crippen molar-refractivity contribution in [1.29, 1.82) is 0 Å². The largest absolute Gasteiger partial charge is 0.438 e. The van der Waals surface area contributed by atoms with Crippen LogP contribution in [0.4, 0.5) is 10.1 Å². The molecule has 27 heavy (non-hydrogen) atoms. The number of H-pyrrole nitrogens is 1. The molecular formula is C22H14FN3O. The fourth-order valence-corrected chi connectivity index (χ4v) is 3.04. The summed E-state index contributed by atoms with van der Waals surface area (Å²) in [5.41, 5.74) is 4.29. The lowest BCUT2D eigenvalue weighted by Gasteiger charge is -2.03. The molecule has 0 saturated heterocycles. The first kappa shape index (κ1) is 15.5. The van der Waals surface area contributed by atoms with Gasteiger partial charge in [-0.05, 0) is 48.5 Å². The SMILES string of the molecule is Fc1ccc(N=c2oc3ccccc3cc2-c2nc3ccccc3[nH]2)cc1. The number of benzene rings is 3. The molecule has 5 aromatic rings. The van der Waals surface area contributed by atoms with Crippen molar-refractivity contribution in [1.82, 2.24) is 9.97 Å². The molecule has 0 bridgehead atoms. The maximum absolute atomic E-state index is 13.2. The van der Waals surface area contributed by atoms with Gasteiger partial charge in [0.1, 0.15) is 17.2 Å². The summed E-state index contributed by atoms with van der Waals surface area (Å²) in [6.07, 6.45) is 0. The first-order valence-electron chi connectivity index (χ1n) is 8.55. The molecule has 0 aliphatic rings. The van der Waals surface area contributed by atoms with Gasteiger partial charge < -0.3 is 9.40 Å². The summed E-state index contributed by atoms with van der Waals surface area (Å²) < 4.78 is 19.3. The molecular weight excluding hydrogens is 341 g/mol. The van der Waals surface area contributed by atoms with E-state index in [9.17, 15) is 4.39 Å². The van der Waals surface area contributed by atoms with Crippen LogP contribution in [0.2, 0.25) is 0 Å². The van der Waals surface area contributed by atoms with E-state index in [-0.39, 0.29) is 5.82 Å². The van der Waals surface area contributed by atoms with Gasteiger partial charge in [0, 0.05) is 5.39 Å². The Bertz CT molecular complexity index is 1300. The number of nitrogens with zero attached hydrogens (tertiary/aromatic N) is 2. The van der Waals surface area contributed by atoms with E-state index in [0.29, 0.717) is 17.1 Å². The Hall–Kier alpha value is -3.73. The number of halogens is 1. The van der Waals surface area contributed by atoms with Crippen LogP contribution in [0.1, 0.15) is 0 Å². The first-order valence-corrected chi connectivity index (χ1v) is 8.55. The molecule has 0 atom stereocenters. The van der Waals surface area contributed by atoms with Gasteiger partial charge in [0.05, 0.1) is 22.3 Å². The summed E-state index contributed by atoms with van der Waals surface area (Å²) in [6.45, 7) is 0. The number of nitrogens with one attached hydrogen (secondary N) is 1. The molecule has 0 spiro atoms. The summed E-state index contributed by atoms with van der Waals surface area (Å²) in [7, 11) is 0. The second-order valence-electron chi connectivity index (χ2n) is 6.19. The highest BCUT2D eigenvalue weighted by Crippen LogP contribution is 2.22. The maximum Gasteiger partial charge on any atom is 0.230 e. The third-order valence-electron chi connectivity index (χ3n) is 4.36. The van der Waals surface area contributed by atoms with E-state index in [0.717, 1.165) is 27.6 Å². The summed E-state index contributed by atoms with van der Waals surface area (Å²) in [5.74, 6) is 0.369. The van der Waals surface area contributed by atoms with Crippen LogP contribution in [0.25, 0.3) is 33.4 Å². The lowest BCUT2D eigenvalue weighted by molar-refractivity contribution is 0.547. The number of imidazole rings is 1. The molecule has 2 aromatic heterocycles. The van der Waals surface area contributed by atoms with E-state index in [2.05, 4.69) is 15.0 Å². The summed E-state index contributed by atoms with van der Waals surface area (Å²) >= 11 is 0. The standard InChI is InChI=1S/C22H14FN3O/c23-15-9-11-16(12-10-15)24-22-17(13-14-5-1-4-8-20(14)27-22)21-25-18-6-2-3-7-19(18)26-21/h1-13H,(H,25,26). The predicted octanol–water partition coefficient (Wildman–Crippen LogP) is 5.35. The number of hydrogen-bond acceptors (Lipinski definition) is 3.